The Bertz CT molecular complexity index is 468. The average molecular weight is 288 g/mol. The first-order valence-electron chi connectivity index (χ1n) is 8.22. The molecule has 0 bridgehead atoms. The van der Waals surface area contributed by atoms with Crippen LogP contribution < -0.4 is 10.2 Å². The van der Waals surface area contributed by atoms with Gasteiger partial charge in [0, 0.05) is 38.3 Å². The molecule has 0 unspecified atom stereocenters. The Labute approximate surface area is 128 Å². The largest absolute Gasteiger partial charge is 0.365 e. The van der Waals surface area contributed by atoms with E-state index in [0.29, 0.717) is 0 Å². The van der Waals surface area contributed by atoms with Crippen molar-refractivity contribution in [2.24, 2.45) is 5.92 Å². The molecule has 1 saturated carbocycles. The first-order chi connectivity index (χ1) is 9.99. The Kier molecular flexibility index (Phi) is 4.07. The molecule has 3 rings (SSSR count). The number of hydrogen-bond donors (Lipinski definition) is 1. The van der Waals surface area contributed by atoms with Gasteiger partial charge in [0.2, 0.25) is 0 Å². The number of hydrogen-bond acceptors (Lipinski definition) is 4. The highest BCUT2D eigenvalue weighted by Crippen LogP contribution is 2.30. The average Bonchev–Trinajstić information content (AvgIpc) is 3.22. The molecule has 21 heavy (non-hydrogen) atoms. The first kappa shape index (κ1) is 14.6. The Morgan fingerprint density at radius 3 is 2.48 bits per heavy atom. The van der Waals surface area contributed by atoms with E-state index in [2.05, 4.69) is 54.1 Å². The Morgan fingerprint density at radius 2 is 1.86 bits per heavy atom. The fourth-order valence-electron chi connectivity index (χ4n) is 2.88. The molecule has 2 heterocycles. The number of nitrogens with one attached hydrogen (secondary N) is 1. The van der Waals surface area contributed by atoms with Crippen molar-refractivity contribution >= 4 is 11.6 Å². The van der Waals surface area contributed by atoms with Crippen molar-refractivity contribution in [3.8, 4) is 0 Å². The molecule has 0 atom stereocenters. The summed E-state index contributed by atoms with van der Waals surface area (Å²) < 4.78 is 0. The second-order valence-corrected chi connectivity index (χ2v) is 7.49. The Hall–Kier alpha value is -1.29. The molecule has 2 fully saturated rings. The van der Waals surface area contributed by atoms with E-state index in [-0.39, 0.29) is 5.54 Å². The third kappa shape index (κ3) is 4.34. The normalized spacial score (nSPS) is 20.6. The van der Waals surface area contributed by atoms with Gasteiger partial charge < -0.3 is 10.2 Å². The summed E-state index contributed by atoms with van der Waals surface area (Å²) in [6, 6.07) is 6.29. The van der Waals surface area contributed by atoms with Crippen LogP contribution in [0.25, 0.3) is 0 Å². The fourth-order valence-corrected chi connectivity index (χ4v) is 2.88. The van der Waals surface area contributed by atoms with Gasteiger partial charge in [-0.15, -0.1) is 0 Å². The lowest BCUT2D eigenvalue weighted by molar-refractivity contribution is 0.247. The standard InChI is InChI=1S/C17H28N4/c1-17(2,3)19-15-5-4-6-16(18-15)21-11-9-20(10-12-21)13-14-7-8-14/h4-6,14H,7-13H2,1-3H3,(H,18,19). The number of piperazine rings is 1. The molecule has 1 aromatic rings. The second-order valence-electron chi connectivity index (χ2n) is 7.49. The van der Waals surface area contributed by atoms with Gasteiger partial charge in [0.1, 0.15) is 11.6 Å². The summed E-state index contributed by atoms with van der Waals surface area (Å²) in [6.45, 7) is 12.3. The summed E-state index contributed by atoms with van der Waals surface area (Å²) in [7, 11) is 0. The molecule has 4 heteroatoms. The van der Waals surface area contributed by atoms with Crippen LogP contribution in [0, 0.1) is 5.92 Å². The highest BCUT2D eigenvalue weighted by molar-refractivity contribution is 5.48. The van der Waals surface area contributed by atoms with Crippen LogP contribution in [0.15, 0.2) is 18.2 Å². The van der Waals surface area contributed by atoms with E-state index in [0.717, 1.165) is 30.6 Å². The lowest BCUT2D eigenvalue weighted by Gasteiger charge is -2.35. The van der Waals surface area contributed by atoms with Crippen LogP contribution in [-0.4, -0.2) is 48.1 Å². The van der Waals surface area contributed by atoms with Gasteiger partial charge in [-0.3, -0.25) is 4.90 Å². The zero-order chi connectivity index (χ0) is 14.9. The Balaban J connectivity index is 1.58. The molecule has 1 saturated heterocycles. The number of rotatable bonds is 4. The second kappa shape index (κ2) is 5.84. The van der Waals surface area contributed by atoms with Crippen LogP contribution in [0.5, 0.6) is 0 Å². The molecular formula is C17H28N4. The Morgan fingerprint density at radius 1 is 1.14 bits per heavy atom. The topological polar surface area (TPSA) is 31.4 Å². The maximum Gasteiger partial charge on any atom is 0.131 e. The van der Waals surface area contributed by atoms with Crippen molar-refractivity contribution in [2.45, 2.75) is 39.2 Å². The van der Waals surface area contributed by atoms with Crippen LogP contribution >= 0.6 is 0 Å². The predicted octanol–water partition coefficient (Wildman–Crippen LogP) is 2.82. The third-order valence-electron chi connectivity index (χ3n) is 4.15. The highest BCUT2D eigenvalue weighted by atomic mass is 15.3. The summed E-state index contributed by atoms with van der Waals surface area (Å²) in [5.74, 6) is 3.07. The maximum atomic E-state index is 4.78. The van der Waals surface area contributed by atoms with Gasteiger partial charge in [0.05, 0.1) is 0 Å². The van der Waals surface area contributed by atoms with Crippen molar-refractivity contribution in [2.75, 3.05) is 42.9 Å². The van der Waals surface area contributed by atoms with Crippen molar-refractivity contribution < 1.29 is 0 Å². The van der Waals surface area contributed by atoms with Gasteiger partial charge in [-0.25, -0.2) is 4.98 Å². The number of nitrogens with zero attached hydrogens (tertiary/aromatic N) is 3. The quantitative estimate of drug-likeness (QED) is 0.923. The summed E-state index contributed by atoms with van der Waals surface area (Å²) in [5.41, 5.74) is 0.0502. The molecule has 1 aromatic heterocycles. The molecule has 1 N–H and O–H groups in total. The van der Waals surface area contributed by atoms with E-state index in [1.165, 1.54) is 32.5 Å². The molecule has 116 valence electrons. The van der Waals surface area contributed by atoms with E-state index in [1.807, 2.05) is 0 Å². The van der Waals surface area contributed by atoms with Crippen LogP contribution in [0.1, 0.15) is 33.6 Å². The fraction of sp³-hybridized carbons (Fsp3) is 0.706. The SMILES string of the molecule is CC(C)(C)Nc1cccc(N2CCN(CC3CC3)CC2)n1. The summed E-state index contributed by atoms with van der Waals surface area (Å²) >= 11 is 0. The van der Waals surface area contributed by atoms with Crippen LogP contribution in [0.3, 0.4) is 0 Å². The van der Waals surface area contributed by atoms with Gasteiger partial charge in [-0.05, 0) is 51.7 Å². The number of anilines is 2. The van der Waals surface area contributed by atoms with Gasteiger partial charge in [-0.2, -0.15) is 0 Å². The summed E-state index contributed by atoms with van der Waals surface area (Å²) in [4.78, 5) is 9.81. The molecular weight excluding hydrogens is 260 g/mol. The zero-order valence-electron chi connectivity index (χ0n) is 13.6. The lowest BCUT2D eigenvalue weighted by atomic mass is 10.1. The first-order valence-corrected chi connectivity index (χ1v) is 8.22. The molecule has 1 aliphatic carbocycles. The molecule has 0 radical (unpaired) electrons. The van der Waals surface area contributed by atoms with E-state index in [9.17, 15) is 0 Å². The summed E-state index contributed by atoms with van der Waals surface area (Å²) in [6.07, 6.45) is 2.89. The highest BCUT2D eigenvalue weighted by Gasteiger charge is 2.26. The molecule has 4 nitrogen and oxygen atoms in total. The van der Waals surface area contributed by atoms with Gasteiger partial charge in [0.15, 0.2) is 0 Å². The lowest BCUT2D eigenvalue weighted by Crippen LogP contribution is -2.47. The molecule has 0 spiro atoms. The van der Waals surface area contributed by atoms with E-state index >= 15 is 0 Å². The van der Waals surface area contributed by atoms with Crippen LogP contribution in [-0.2, 0) is 0 Å². The molecule has 2 aliphatic rings. The minimum Gasteiger partial charge on any atom is -0.365 e. The van der Waals surface area contributed by atoms with Crippen molar-refractivity contribution in [1.29, 1.82) is 0 Å². The van der Waals surface area contributed by atoms with E-state index in [4.69, 9.17) is 4.98 Å². The monoisotopic (exact) mass is 288 g/mol. The van der Waals surface area contributed by atoms with Crippen molar-refractivity contribution in [3.63, 3.8) is 0 Å². The van der Waals surface area contributed by atoms with Gasteiger partial charge in [0.25, 0.3) is 0 Å². The third-order valence-corrected chi connectivity index (χ3v) is 4.15. The molecule has 0 amide bonds. The van der Waals surface area contributed by atoms with E-state index in [1.54, 1.807) is 0 Å². The van der Waals surface area contributed by atoms with Crippen molar-refractivity contribution in [1.82, 2.24) is 9.88 Å². The van der Waals surface area contributed by atoms with E-state index < -0.39 is 0 Å². The minimum absolute atomic E-state index is 0.0502. The number of pyridine rings is 1. The van der Waals surface area contributed by atoms with Crippen LogP contribution in [0.4, 0.5) is 11.6 Å². The van der Waals surface area contributed by atoms with Crippen molar-refractivity contribution in [3.05, 3.63) is 18.2 Å². The van der Waals surface area contributed by atoms with Gasteiger partial charge >= 0.3 is 0 Å². The maximum absolute atomic E-state index is 4.78. The smallest absolute Gasteiger partial charge is 0.131 e. The zero-order valence-corrected chi connectivity index (χ0v) is 13.6. The summed E-state index contributed by atoms with van der Waals surface area (Å²) in [5, 5.41) is 3.46. The molecule has 0 aromatic carbocycles. The predicted molar refractivity (Wildman–Crippen MR) is 89.0 cm³/mol. The van der Waals surface area contributed by atoms with Crippen LogP contribution in [0.2, 0.25) is 0 Å². The van der Waals surface area contributed by atoms with Gasteiger partial charge in [-0.1, -0.05) is 6.07 Å². The molecule has 1 aliphatic heterocycles. The minimum atomic E-state index is 0.0502. The number of aromatic nitrogens is 1.